The number of benzene rings is 1. The molecule has 0 saturated heterocycles. The van der Waals surface area contributed by atoms with E-state index < -0.39 is 0 Å². The second-order valence-corrected chi connectivity index (χ2v) is 3.49. The molecule has 0 heterocycles. The van der Waals surface area contributed by atoms with Gasteiger partial charge in [0, 0.05) is 6.42 Å². The summed E-state index contributed by atoms with van der Waals surface area (Å²) in [7, 11) is 0. The molecule has 0 N–H and O–H groups in total. The Balaban J connectivity index is 2.58. The van der Waals surface area contributed by atoms with Crippen molar-refractivity contribution >= 4 is 5.97 Å². The molecule has 0 aliphatic rings. The van der Waals surface area contributed by atoms with E-state index in [1.807, 2.05) is 32.9 Å². The normalized spacial score (nSPS) is 9.80. The van der Waals surface area contributed by atoms with Crippen molar-refractivity contribution in [2.24, 2.45) is 0 Å². The van der Waals surface area contributed by atoms with Gasteiger partial charge in [-0.15, -0.1) is 0 Å². The number of carbonyl (C=O) groups is 1. The summed E-state index contributed by atoms with van der Waals surface area (Å²) in [6.45, 7) is 5.83. The summed E-state index contributed by atoms with van der Waals surface area (Å²) in [5, 5.41) is 0. The first-order valence-corrected chi connectivity index (χ1v) is 5.08. The van der Waals surface area contributed by atoms with E-state index in [1.54, 1.807) is 6.07 Å². The van der Waals surface area contributed by atoms with Crippen LogP contribution in [-0.2, 0) is 9.68 Å². The molecule has 0 aliphatic carbocycles. The Kier molecular flexibility index (Phi) is 4.16. The third-order valence-electron chi connectivity index (χ3n) is 2.23. The van der Waals surface area contributed by atoms with Gasteiger partial charge in [-0.2, -0.15) is 0 Å². The maximum atomic E-state index is 11.1. The summed E-state index contributed by atoms with van der Waals surface area (Å²) in [5.74, 6) is 0.262. The van der Waals surface area contributed by atoms with Crippen LogP contribution in [0.4, 0.5) is 0 Å². The third kappa shape index (κ3) is 3.27. The molecule has 0 amide bonds. The number of carbonyl (C=O) groups excluding carboxylic acids is 1. The molecule has 0 aromatic heterocycles. The van der Waals surface area contributed by atoms with Crippen molar-refractivity contribution in [1.29, 1.82) is 0 Å². The Morgan fingerprint density at radius 1 is 1.33 bits per heavy atom. The molecule has 0 spiro atoms. The van der Waals surface area contributed by atoms with Crippen LogP contribution in [0.2, 0.25) is 0 Å². The molecular formula is C12H16O3. The van der Waals surface area contributed by atoms with Gasteiger partial charge >= 0.3 is 5.97 Å². The first-order valence-electron chi connectivity index (χ1n) is 5.08. The van der Waals surface area contributed by atoms with Crippen molar-refractivity contribution < 1.29 is 14.6 Å². The van der Waals surface area contributed by atoms with E-state index in [4.69, 9.17) is 4.89 Å². The van der Waals surface area contributed by atoms with Gasteiger partial charge in [0.2, 0.25) is 0 Å². The quantitative estimate of drug-likeness (QED) is 0.563. The van der Waals surface area contributed by atoms with E-state index >= 15 is 0 Å². The molecule has 82 valence electrons. The van der Waals surface area contributed by atoms with Crippen molar-refractivity contribution in [2.75, 3.05) is 0 Å². The minimum atomic E-state index is -0.335. The van der Waals surface area contributed by atoms with Crippen LogP contribution < -0.4 is 4.89 Å². The van der Waals surface area contributed by atoms with Crippen LogP contribution in [0.1, 0.15) is 30.9 Å². The number of aryl methyl sites for hydroxylation is 1. The first kappa shape index (κ1) is 11.6. The van der Waals surface area contributed by atoms with Gasteiger partial charge in [0.05, 0.1) is 0 Å². The number of hydrogen-bond donors (Lipinski definition) is 0. The van der Waals surface area contributed by atoms with Gasteiger partial charge in [-0.3, -0.25) is 9.78 Å². The standard InChI is InChI=1S/C12H16O3/c1-4-6-12(13)15-14-11-8-5-7-9(2)10(11)3/h5,7-8H,4,6H2,1-3H3. The molecular weight excluding hydrogens is 192 g/mol. The van der Waals surface area contributed by atoms with Crippen molar-refractivity contribution in [2.45, 2.75) is 33.6 Å². The second-order valence-electron chi connectivity index (χ2n) is 3.49. The average Bonchev–Trinajstić information content (AvgIpc) is 2.21. The van der Waals surface area contributed by atoms with Crippen LogP contribution in [0.5, 0.6) is 5.75 Å². The predicted molar refractivity (Wildman–Crippen MR) is 57.5 cm³/mol. The molecule has 1 aromatic rings. The van der Waals surface area contributed by atoms with Crippen molar-refractivity contribution in [1.82, 2.24) is 0 Å². The van der Waals surface area contributed by atoms with Crippen LogP contribution in [0.25, 0.3) is 0 Å². The van der Waals surface area contributed by atoms with Crippen molar-refractivity contribution in [3.05, 3.63) is 29.3 Å². The van der Waals surface area contributed by atoms with Crippen LogP contribution in [0.15, 0.2) is 18.2 Å². The second kappa shape index (κ2) is 5.39. The fraction of sp³-hybridized carbons (Fsp3) is 0.417. The smallest absolute Gasteiger partial charge is 0.287 e. The van der Waals surface area contributed by atoms with E-state index in [-0.39, 0.29) is 5.97 Å². The summed E-state index contributed by atoms with van der Waals surface area (Å²) in [6, 6.07) is 5.63. The molecule has 0 atom stereocenters. The van der Waals surface area contributed by atoms with Crippen LogP contribution in [0.3, 0.4) is 0 Å². The monoisotopic (exact) mass is 208 g/mol. The van der Waals surface area contributed by atoms with Crippen LogP contribution >= 0.6 is 0 Å². The van der Waals surface area contributed by atoms with Crippen molar-refractivity contribution in [3.63, 3.8) is 0 Å². The Bertz CT molecular complexity index is 345. The molecule has 15 heavy (non-hydrogen) atoms. The van der Waals surface area contributed by atoms with Gasteiger partial charge in [-0.1, -0.05) is 19.1 Å². The zero-order valence-electron chi connectivity index (χ0n) is 9.37. The van der Waals surface area contributed by atoms with E-state index in [0.717, 1.165) is 17.5 Å². The fourth-order valence-electron chi connectivity index (χ4n) is 1.15. The molecule has 0 fully saturated rings. The summed E-state index contributed by atoms with van der Waals surface area (Å²) in [6.07, 6.45) is 1.14. The average molecular weight is 208 g/mol. The van der Waals surface area contributed by atoms with Crippen LogP contribution in [0, 0.1) is 13.8 Å². The van der Waals surface area contributed by atoms with E-state index in [9.17, 15) is 4.79 Å². The highest BCUT2D eigenvalue weighted by atomic mass is 17.2. The first-order chi connectivity index (χ1) is 7.15. The molecule has 3 nitrogen and oxygen atoms in total. The Hall–Kier alpha value is -1.51. The van der Waals surface area contributed by atoms with E-state index in [2.05, 4.69) is 4.89 Å². The molecule has 0 bridgehead atoms. The summed E-state index contributed by atoms with van der Waals surface area (Å²) < 4.78 is 0. The molecule has 0 saturated carbocycles. The lowest BCUT2D eigenvalue weighted by Gasteiger charge is -2.08. The summed E-state index contributed by atoms with van der Waals surface area (Å²) >= 11 is 0. The maximum absolute atomic E-state index is 11.1. The van der Waals surface area contributed by atoms with E-state index in [1.165, 1.54) is 0 Å². The predicted octanol–water partition coefficient (Wildman–Crippen LogP) is 2.94. The molecule has 1 rings (SSSR count). The molecule has 1 aromatic carbocycles. The minimum absolute atomic E-state index is 0.335. The molecule has 3 heteroatoms. The Labute approximate surface area is 89.9 Å². The van der Waals surface area contributed by atoms with Gasteiger partial charge < -0.3 is 0 Å². The Morgan fingerprint density at radius 3 is 2.73 bits per heavy atom. The highest BCUT2D eigenvalue weighted by molar-refractivity contribution is 5.68. The summed E-state index contributed by atoms with van der Waals surface area (Å²) in [5.41, 5.74) is 2.10. The van der Waals surface area contributed by atoms with Gasteiger partial charge in [0.1, 0.15) is 0 Å². The minimum Gasteiger partial charge on any atom is -0.287 e. The summed E-state index contributed by atoms with van der Waals surface area (Å²) in [4.78, 5) is 20.7. The SMILES string of the molecule is CCCC(=O)OOc1cccc(C)c1C. The lowest BCUT2D eigenvalue weighted by atomic mass is 10.1. The zero-order valence-corrected chi connectivity index (χ0v) is 9.37. The topological polar surface area (TPSA) is 35.5 Å². The molecule has 0 radical (unpaired) electrons. The molecule has 0 unspecified atom stereocenters. The fourth-order valence-corrected chi connectivity index (χ4v) is 1.15. The van der Waals surface area contributed by atoms with Crippen LogP contribution in [-0.4, -0.2) is 5.97 Å². The van der Waals surface area contributed by atoms with Gasteiger partial charge in [0.15, 0.2) is 5.75 Å². The van der Waals surface area contributed by atoms with Gasteiger partial charge in [-0.05, 0) is 37.5 Å². The number of hydrogen-bond acceptors (Lipinski definition) is 3. The van der Waals surface area contributed by atoms with Gasteiger partial charge in [0.25, 0.3) is 0 Å². The van der Waals surface area contributed by atoms with Gasteiger partial charge in [-0.25, -0.2) is 4.79 Å². The highest BCUT2D eigenvalue weighted by Gasteiger charge is 2.06. The Morgan fingerprint density at radius 2 is 2.07 bits per heavy atom. The zero-order chi connectivity index (χ0) is 11.3. The highest BCUT2D eigenvalue weighted by Crippen LogP contribution is 2.20. The number of rotatable bonds is 4. The maximum Gasteiger partial charge on any atom is 0.355 e. The lowest BCUT2D eigenvalue weighted by molar-refractivity contribution is -0.214. The third-order valence-corrected chi connectivity index (χ3v) is 2.23. The van der Waals surface area contributed by atoms with E-state index in [0.29, 0.717) is 12.2 Å². The largest absolute Gasteiger partial charge is 0.355 e. The molecule has 0 aliphatic heterocycles. The lowest BCUT2D eigenvalue weighted by Crippen LogP contribution is -2.07. The van der Waals surface area contributed by atoms with Crippen molar-refractivity contribution in [3.8, 4) is 5.75 Å².